The van der Waals surface area contributed by atoms with Gasteiger partial charge in [-0.25, -0.2) is 4.79 Å². The van der Waals surface area contributed by atoms with Gasteiger partial charge in [-0.3, -0.25) is 4.79 Å². The number of rotatable bonds is 2. The quantitative estimate of drug-likeness (QED) is 0.678. The SMILES string of the molecule is Nc1cccc(-c2ccc(C(=O)O)c(=O)[nH]2)c1. The third-order valence-electron chi connectivity index (χ3n) is 2.34. The molecule has 0 aliphatic heterocycles. The summed E-state index contributed by atoms with van der Waals surface area (Å²) in [6.07, 6.45) is 0. The van der Waals surface area contributed by atoms with Crippen LogP contribution in [-0.4, -0.2) is 16.1 Å². The molecule has 2 rings (SSSR count). The number of benzene rings is 1. The summed E-state index contributed by atoms with van der Waals surface area (Å²) in [5.41, 5.74) is 6.56. The summed E-state index contributed by atoms with van der Waals surface area (Å²) in [7, 11) is 0. The van der Waals surface area contributed by atoms with Gasteiger partial charge in [0.15, 0.2) is 0 Å². The van der Waals surface area contributed by atoms with E-state index < -0.39 is 11.5 Å². The van der Waals surface area contributed by atoms with Crippen LogP contribution in [0.4, 0.5) is 5.69 Å². The maximum atomic E-state index is 11.5. The molecule has 0 saturated carbocycles. The molecule has 4 N–H and O–H groups in total. The van der Waals surface area contributed by atoms with Crippen LogP contribution in [0.3, 0.4) is 0 Å². The van der Waals surface area contributed by atoms with Crippen molar-refractivity contribution in [1.82, 2.24) is 4.98 Å². The second-order valence-corrected chi connectivity index (χ2v) is 3.55. The monoisotopic (exact) mass is 230 g/mol. The minimum absolute atomic E-state index is 0.280. The second-order valence-electron chi connectivity index (χ2n) is 3.55. The van der Waals surface area contributed by atoms with Crippen LogP contribution in [0.1, 0.15) is 10.4 Å². The Morgan fingerprint density at radius 3 is 2.59 bits per heavy atom. The van der Waals surface area contributed by atoms with E-state index in [2.05, 4.69) is 4.98 Å². The Labute approximate surface area is 96.5 Å². The number of aromatic amines is 1. The number of carboxylic acids is 1. The summed E-state index contributed by atoms with van der Waals surface area (Å²) in [5.74, 6) is -1.25. The second kappa shape index (κ2) is 4.13. The summed E-state index contributed by atoms with van der Waals surface area (Å²) in [5, 5.41) is 8.73. The van der Waals surface area contributed by atoms with Gasteiger partial charge in [0.05, 0.1) is 0 Å². The highest BCUT2D eigenvalue weighted by atomic mass is 16.4. The van der Waals surface area contributed by atoms with Crippen LogP contribution in [0.25, 0.3) is 11.3 Å². The maximum absolute atomic E-state index is 11.5. The molecule has 1 aromatic heterocycles. The van der Waals surface area contributed by atoms with Gasteiger partial charge in [0, 0.05) is 16.9 Å². The molecule has 0 saturated heterocycles. The van der Waals surface area contributed by atoms with E-state index >= 15 is 0 Å². The zero-order valence-corrected chi connectivity index (χ0v) is 8.81. The van der Waals surface area contributed by atoms with Gasteiger partial charge < -0.3 is 15.8 Å². The Bertz CT molecular complexity index is 632. The van der Waals surface area contributed by atoms with Gasteiger partial charge in [-0.2, -0.15) is 0 Å². The number of H-pyrrole nitrogens is 1. The van der Waals surface area contributed by atoms with Crippen molar-refractivity contribution in [2.24, 2.45) is 0 Å². The van der Waals surface area contributed by atoms with E-state index in [4.69, 9.17) is 10.8 Å². The van der Waals surface area contributed by atoms with E-state index in [1.165, 1.54) is 6.07 Å². The van der Waals surface area contributed by atoms with Gasteiger partial charge in [-0.1, -0.05) is 12.1 Å². The molecule has 17 heavy (non-hydrogen) atoms. The number of anilines is 1. The molecule has 0 atom stereocenters. The fourth-order valence-corrected chi connectivity index (χ4v) is 1.52. The molecule has 5 nitrogen and oxygen atoms in total. The Balaban J connectivity index is 2.52. The maximum Gasteiger partial charge on any atom is 0.341 e. The van der Waals surface area contributed by atoms with Crippen molar-refractivity contribution >= 4 is 11.7 Å². The smallest absolute Gasteiger partial charge is 0.341 e. The summed E-state index contributed by atoms with van der Waals surface area (Å²) in [6.45, 7) is 0. The number of nitrogens with one attached hydrogen (secondary N) is 1. The van der Waals surface area contributed by atoms with Crippen molar-refractivity contribution < 1.29 is 9.90 Å². The fourth-order valence-electron chi connectivity index (χ4n) is 1.52. The lowest BCUT2D eigenvalue weighted by Gasteiger charge is -2.03. The number of nitrogens with two attached hydrogens (primary N) is 1. The standard InChI is InChI=1S/C12H10N2O3/c13-8-3-1-2-7(6-8)10-5-4-9(12(16)17)11(15)14-10/h1-6H,13H2,(H,14,15)(H,16,17). The van der Waals surface area contributed by atoms with Crippen LogP contribution in [0, 0.1) is 0 Å². The molecular formula is C12H10N2O3. The van der Waals surface area contributed by atoms with Crippen molar-refractivity contribution in [3.8, 4) is 11.3 Å². The van der Waals surface area contributed by atoms with Gasteiger partial charge in [0.25, 0.3) is 5.56 Å². The first-order valence-electron chi connectivity index (χ1n) is 4.90. The molecule has 0 fully saturated rings. The van der Waals surface area contributed by atoms with Crippen molar-refractivity contribution in [2.75, 3.05) is 5.73 Å². The minimum Gasteiger partial charge on any atom is -0.477 e. The highest BCUT2D eigenvalue weighted by Crippen LogP contribution is 2.18. The van der Waals surface area contributed by atoms with E-state index in [0.717, 1.165) is 5.56 Å². The van der Waals surface area contributed by atoms with Crippen LogP contribution in [0.15, 0.2) is 41.2 Å². The van der Waals surface area contributed by atoms with Crippen molar-refractivity contribution in [1.29, 1.82) is 0 Å². The molecule has 1 aromatic carbocycles. The average Bonchev–Trinajstić information content (AvgIpc) is 2.28. The zero-order chi connectivity index (χ0) is 12.4. The topological polar surface area (TPSA) is 96.2 Å². The third kappa shape index (κ3) is 2.17. The molecule has 0 unspecified atom stereocenters. The summed E-state index contributed by atoms with van der Waals surface area (Å²) in [6, 6.07) is 9.79. The molecule has 0 aliphatic rings. The van der Waals surface area contributed by atoms with Gasteiger partial charge in [0.2, 0.25) is 0 Å². The summed E-state index contributed by atoms with van der Waals surface area (Å²) >= 11 is 0. The van der Waals surface area contributed by atoms with Crippen LogP contribution < -0.4 is 11.3 Å². The molecule has 0 radical (unpaired) electrons. The van der Waals surface area contributed by atoms with E-state index in [1.54, 1.807) is 30.3 Å². The van der Waals surface area contributed by atoms with Crippen molar-refractivity contribution in [2.45, 2.75) is 0 Å². The van der Waals surface area contributed by atoms with E-state index in [9.17, 15) is 9.59 Å². The molecule has 86 valence electrons. The Kier molecular flexibility index (Phi) is 2.66. The first-order valence-corrected chi connectivity index (χ1v) is 4.90. The van der Waals surface area contributed by atoms with Gasteiger partial charge >= 0.3 is 5.97 Å². The lowest BCUT2D eigenvalue weighted by molar-refractivity contribution is 0.0695. The highest BCUT2D eigenvalue weighted by molar-refractivity contribution is 5.87. The number of carbonyl (C=O) groups is 1. The molecule has 0 amide bonds. The Hall–Kier alpha value is -2.56. The van der Waals surface area contributed by atoms with Crippen LogP contribution in [0.2, 0.25) is 0 Å². The fraction of sp³-hybridized carbons (Fsp3) is 0. The van der Waals surface area contributed by atoms with Gasteiger partial charge in [-0.05, 0) is 24.3 Å². The van der Waals surface area contributed by atoms with Crippen LogP contribution in [0.5, 0.6) is 0 Å². The Morgan fingerprint density at radius 1 is 1.24 bits per heavy atom. The minimum atomic E-state index is -1.25. The van der Waals surface area contributed by atoms with E-state index in [0.29, 0.717) is 11.4 Å². The van der Waals surface area contributed by atoms with Crippen LogP contribution in [-0.2, 0) is 0 Å². The molecule has 0 bridgehead atoms. The van der Waals surface area contributed by atoms with Crippen LogP contribution >= 0.6 is 0 Å². The van der Waals surface area contributed by atoms with Gasteiger partial charge in [-0.15, -0.1) is 0 Å². The first kappa shape index (κ1) is 10.9. The van der Waals surface area contributed by atoms with Crippen molar-refractivity contribution in [3.63, 3.8) is 0 Å². The molecular weight excluding hydrogens is 220 g/mol. The number of hydrogen-bond acceptors (Lipinski definition) is 3. The number of hydrogen-bond donors (Lipinski definition) is 3. The normalized spacial score (nSPS) is 10.1. The largest absolute Gasteiger partial charge is 0.477 e. The first-order chi connectivity index (χ1) is 8.08. The highest BCUT2D eigenvalue weighted by Gasteiger charge is 2.09. The van der Waals surface area contributed by atoms with Crippen molar-refractivity contribution in [3.05, 3.63) is 52.3 Å². The predicted molar refractivity (Wildman–Crippen MR) is 63.9 cm³/mol. The predicted octanol–water partition coefficient (Wildman–Crippen LogP) is 1.32. The Morgan fingerprint density at radius 2 is 2.00 bits per heavy atom. The molecule has 5 heteroatoms. The number of aromatic carboxylic acids is 1. The lowest BCUT2D eigenvalue weighted by Crippen LogP contribution is -2.17. The number of aromatic nitrogens is 1. The van der Waals surface area contributed by atoms with Gasteiger partial charge in [0.1, 0.15) is 5.56 Å². The molecule has 2 aromatic rings. The number of pyridine rings is 1. The van der Waals surface area contributed by atoms with E-state index in [-0.39, 0.29) is 5.56 Å². The average molecular weight is 230 g/mol. The summed E-state index contributed by atoms with van der Waals surface area (Å²) < 4.78 is 0. The number of nitrogen functional groups attached to an aromatic ring is 1. The molecule has 0 spiro atoms. The molecule has 0 aliphatic carbocycles. The molecule has 1 heterocycles. The lowest BCUT2D eigenvalue weighted by atomic mass is 10.1. The zero-order valence-electron chi connectivity index (χ0n) is 8.81. The summed E-state index contributed by atoms with van der Waals surface area (Å²) in [4.78, 5) is 24.7. The third-order valence-corrected chi connectivity index (χ3v) is 2.34. The number of carboxylic acid groups (broad SMARTS) is 1. The van der Waals surface area contributed by atoms with E-state index in [1.807, 2.05) is 0 Å².